The normalized spacial score (nSPS) is 17.7. The Balaban J connectivity index is 1.88. The van der Waals surface area contributed by atoms with Crippen molar-refractivity contribution in [3.63, 3.8) is 0 Å². The molecule has 164 valence electrons. The van der Waals surface area contributed by atoms with Crippen molar-refractivity contribution in [2.75, 3.05) is 11.5 Å². The molecule has 0 aliphatic carbocycles. The van der Waals surface area contributed by atoms with Crippen LogP contribution in [0.1, 0.15) is 36.3 Å². The fraction of sp³-hybridized carbons (Fsp3) is 0.200. The summed E-state index contributed by atoms with van der Waals surface area (Å²) in [5.41, 5.74) is 1.16. The number of phenolic OH excluding ortho intramolecular Hbond substituents is 1. The zero-order valence-electron chi connectivity index (χ0n) is 17.7. The Bertz CT molecular complexity index is 1190. The van der Waals surface area contributed by atoms with E-state index in [1.165, 1.54) is 12.3 Å². The number of furan rings is 1. The summed E-state index contributed by atoms with van der Waals surface area (Å²) >= 11 is 0. The lowest BCUT2D eigenvalue weighted by Gasteiger charge is -2.24. The molecule has 1 aliphatic rings. The van der Waals surface area contributed by atoms with E-state index in [9.17, 15) is 19.8 Å². The molecule has 1 aromatic heterocycles. The Kier molecular flexibility index (Phi) is 5.73. The predicted molar refractivity (Wildman–Crippen MR) is 119 cm³/mol. The van der Waals surface area contributed by atoms with E-state index >= 15 is 0 Å². The molecule has 1 atom stereocenters. The number of benzene rings is 2. The summed E-state index contributed by atoms with van der Waals surface area (Å²) in [6, 6.07) is 13.6. The highest BCUT2D eigenvalue weighted by Crippen LogP contribution is 2.45. The molecule has 1 fully saturated rings. The summed E-state index contributed by atoms with van der Waals surface area (Å²) < 4.78 is 11.2. The number of aromatic hydroxyl groups is 1. The van der Waals surface area contributed by atoms with Crippen molar-refractivity contribution in [2.24, 2.45) is 0 Å². The molecule has 3 aromatic rings. The topological polar surface area (TPSA) is 100 Å². The Morgan fingerprint density at radius 3 is 2.66 bits per heavy atom. The quantitative estimate of drug-likeness (QED) is 0.332. The lowest BCUT2D eigenvalue weighted by Crippen LogP contribution is -2.29. The van der Waals surface area contributed by atoms with Crippen LogP contribution < -0.4 is 9.64 Å². The number of ketones is 1. The van der Waals surface area contributed by atoms with Gasteiger partial charge in [0.25, 0.3) is 11.7 Å². The largest absolute Gasteiger partial charge is 0.507 e. The third-order valence-corrected chi connectivity index (χ3v) is 5.23. The number of rotatable bonds is 6. The molecule has 2 aromatic carbocycles. The average molecular weight is 433 g/mol. The number of phenols is 1. The number of anilines is 1. The lowest BCUT2D eigenvalue weighted by molar-refractivity contribution is -0.132. The third-order valence-electron chi connectivity index (χ3n) is 5.23. The molecular weight excluding hydrogens is 410 g/mol. The summed E-state index contributed by atoms with van der Waals surface area (Å²) in [5.74, 6) is -1.43. The number of carbonyl (C=O) groups is 2. The van der Waals surface area contributed by atoms with E-state index in [-0.39, 0.29) is 28.5 Å². The standard InChI is InChI=1S/C25H23NO6/c1-3-11-31-17-7-4-6-16(14-17)23(28)21-22(20-8-5-12-32-20)26(25(30)24(21)29)18-13-15(2)9-10-19(18)27/h4-10,12-14,22,27-28H,3,11H2,1-2H3/b23-21-. The van der Waals surface area contributed by atoms with E-state index in [1.54, 1.807) is 48.5 Å². The van der Waals surface area contributed by atoms with Crippen LogP contribution in [0.15, 0.2) is 70.9 Å². The van der Waals surface area contributed by atoms with Crippen LogP contribution in [0.3, 0.4) is 0 Å². The van der Waals surface area contributed by atoms with Gasteiger partial charge < -0.3 is 19.4 Å². The van der Waals surface area contributed by atoms with Gasteiger partial charge in [0.05, 0.1) is 24.1 Å². The number of hydrogen-bond donors (Lipinski definition) is 2. The molecule has 0 saturated carbocycles. The van der Waals surface area contributed by atoms with E-state index in [2.05, 4.69) is 0 Å². The number of Topliss-reactive ketones (excluding diaryl/α,β-unsaturated/α-hetero) is 1. The van der Waals surface area contributed by atoms with Crippen molar-refractivity contribution >= 4 is 23.1 Å². The number of aliphatic hydroxyl groups excluding tert-OH is 1. The number of nitrogens with zero attached hydrogens (tertiary/aromatic N) is 1. The highest BCUT2D eigenvalue weighted by Gasteiger charge is 2.49. The zero-order valence-corrected chi connectivity index (χ0v) is 17.7. The smallest absolute Gasteiger partial charge is 0.300 e. The first-order valence-electron chi connectivity index (χ1n) is 10.3. The highest BCUT2D eigenvalue weighted by atomic mass is 16.5. The predicted octanol–water partition coefficient (Wildman–Crippen LogP) is 4.71. The average Bonchev–Trinajstić information content (AvgIpc) is 3.41. The first-order valence-corrected chi connectivity index (χ1v) is 10.3. The van der Waals surface area contributed by atoms with E-state index < -0.39 is 17.7 Å². The zero-order chi connectivity index (χ0) is 22.8. The minimum Gasteiger partial charge on any atom is -0.507 e. The maximum absolute atomic E-state index is 13.1. The Morgan fingerprint density at radius 1 is 1.12 bits per heavy atom. The Hall–Kier alpha value is -4.00. The lowest BCUT2D eigenvalue weighted by atomic mass is 9.99. The SMILES string of the molecule is CCCOc1cccc(/C(O)=C2/C(=O)C(=O)N(c3cc(C)ccc3O)C2c2ccco2)c1. The number of amides is 1. The van der Waals surface area contributed by atoms with Gasteiger partial charge in [0, 0.05) is 5.56 Å². The minimum absolute atomic E-state index is 0.126. The molecule has 0 spiro atoms. The van der Waals surface area contributed by atoms with E-state index in [0.717, 1.165) is 16.9 Å². The van der Waals surface area contributed by atoms with Gasteiger partial charge in [-0.25, -0.2) is 0 Å². The Morgan fingerprint density at radius 2 is 1.94 bits per heavy atom. The molecule has 1 amide bonds. The van der Waals surface area contributed by atoms with Crippen LogP contribution in [-0.2, 0) is 9.59 Å². The van der Waals surface area contributed by atoms with Gasteiger partial charge in [0.1, 0.15) is 29.1 Å². The molecule has 1 unspecified atom stereocenters. The second kappa shape index (κ2) is 8.63. The number of carbonyl (C=O) groups excluding carboxylic acids is 2. The van der Waals surface area contributed by atoms with Crippen molar-refractivity contribution in [3.8, 4) is 11.5 Å². The van der Waals surface area contributed by atoms with Gasteiger partial charge in [-0.2, -0.15) is 0 Å². The van der Waals surface area contributed by atoms with Crippen LogP contribution in [-0.4, -0.2) is 28.5 Å². The first-order chi connectivity index (χ1) is 15.4. The van der Waals surface area contributed by atoms with Crippen molar-refractivity contribution in [1.82, 2.24) is 0 Å². The molecule has 2 heterocycles. The first kappa shape index (κ1) is 21.2. The number of hydrogen-bond acceptors (Lipinski definition) is 6. The van der Waals surface area contributed by atoms with Crippen molar-refractivity contribution in [2.45, 2.75) is 26.3 Å². The maximum Gasteiger partial charge on any atom is 0.300 e. The van der Waals surface area contributed by atoms with Crippen LogP contribution in [0.2, 0.25) is 0 Å². The number of ether oxygens (including phenoxy) is 1. The monoisotopic (exact) mass is 433 g/mol. The minimum atomic E-state index is -1.04. The van der Waals surface area contributed by atoms with E-state index in [4.69, 9.17) is 9.15 Å². The maximum atomic E-state index is 13.1. The van der Waals surface area contributed by atoms with Crippen molar-refractivity contribution < 1.29 is 29.0 Å². The van der Waals surface area contributed by atoms with Gasteiger partial charge in [0.15, 0.2) is 0 Å². The summed E-state index contributed by atoms with van der Waals surface area (Å²) in [6.45, 7) is 4.30. The van der Waals surface area contributed by atoms with Gasteiger partial charge in [0.2, 0.25) is 0 Å². The molecule has 2 N–H and O–H groups in total. The summed E-state index contributed by atoms with van der Waals surface area (Å²) in [4.78, 5) is 27.3. The van der Waals surface area contributed by atoms with Crippen LogP contribution in [0.5, 0.6) is 11.5 Å². The fourth-order valence-electron chi connectivity index (χ4n) is 3.73. The summed E-state index contributed by atoms with van der Waals surface area (Å²) in [5, 5.41) is 21.6. The molecule has 4 rings (SSSR count). The van der Waals surface area contributed by atoms with Gasteiger partial charge in [-0.05, 0) is 55.3 Å². The summed E-state index contributed by atoms with van der Waals surface area (Å²) in [6.07, 6.45) is 2.24. The summed E-state index contributed by atoms with van der Waals surface area (Å²) in [7, 11) is 0. The molecular formula is C25H23NO6. The van der Waals surface area contributed by atoms with Crippen LogP contribution in [0.25, 0.3) is 5.76 Å². The van der Waals surface area contributed by atoms with Gasteiger partial charge in [-0.15, -0.1) is 0 Å². The second-order valence-electron chi connectivity index (χ2n) is 7.55. The number of aliphatic hydroxyl groups is 1. The molecule has 32 heavy (non-hydrogen) atoms. The van der Waals surface area contributed by atoms with Crippen molar-refractivity contribution in [3.05, 3.63) is 83.3 Å². The van der Waals surface area contributed by atoms with E-state index in [0.29, 0.717) is 17.9 Å². The number of aryl methyl sites for hydroxylation is 1. The molecule has 0 bridgehead atoms. The van der Waals surface area contributed by atoms with Crippen LogP contribution in [0, 0.1) is 6.92 Å². The fourth-order valence-corrected chi connectivity index (χ4v) is 3.73. The highest BCUT2D eigenvalue weighted by molar-refractivity contribution is 6.51. The molecule has 0 radical (unpaired) electrons. The van der Waals surface area contributed by atoms with Gasteiger partial charge >= 0.3 is 0 Å². The molecule has 1 saturated heterocycles. The van der Waals surface area contributed by atoms with Crippen molar-refractivity contribution in [1.29, 1.82) is 0 Å². The third kappa shape index (κ3) is 3.73. The molecule has 7 nitrogen and oxygen atoms in total. The van der Waals surface area contributed by atoms with Crippen LogP contribution >= 0.6 is 0 Å². The van der Waals surface area contributed by atoms with E-state index in [1.807, 2.05) is 13.8 Å². The van der Waals surface area contributed by atoms with Crippen LogP contribution in [0.4, 0.5) is 5.69 Å². The molecule has 7 heteroatoms. The molecule has 1 aliphatic heterocycles. The van der Waals surface area contributed by atoms with Gasteiger partial charge in [-0.1, -0.05) is 25.1 Å². The second-order valence-corrected chi connectivity index (χ2v) is 7.55. The van der Waals surface area contributed by atoms with Gasteiger partial charge in [-0.3, -0.25) is 14.5 Å². The Labute approximate surface area is 185 Å².